The fraction of sp³-hybridized carbons (Fsp3) is 0.429. The lowest BCUT2D eigenvalue weighted by Gasteiger charge is -2.36. The third-order valence-electron chi connectivity index (χ3n) is 3.60. The molecule has 1 saturated heterocycles. The fourth-order valence-electron chi connectivity index (χ4n) is 2.34. The van der Waals surface area contributed by atoms with Crippen LogP contribution >= 0.6 is 0 Å². The van der Waals surface area contributed by atoms with E-state index >= 15 is 0 Å². The number of benzene rings is 1. The molecule has 1 fully saturated rings. The first-order chi connectivity index (χ1) is 9.45. The standard InChI is InChI=1S/C14H19BF3N2/c1-13(15(16,17)18)11-19-7-9-20(10-8-19)12-14-5-3-2-4-6-14/h2-6H,1,7-12H2/q-1. The lowest BCUT2D eigenvalue weighted by Crippen LogP contribution is -2.47. The lowest BCUT2D eigenvalue weighted by molar-refractivity contribution is 0.135. The van der Waals surface area contributed by atoms with Gasteiger partial charge in [0.2, 0.25) is 0 Å². The van der Waals surface area contributed by atoms with Gasteiger partial charge >= 0.3 is 6.98 Å². The van der Waals surface area contributed by atoms with E-state index in [2.05, 4.69) is 23.6 Å². The van der Waals surface area contributed by atoms with E-state index in [4.69, 9.17) is 0 Å². The molecule has 0 bridgehead atoms. The largest absolute Gasteiger partial charge is 0.506 e. The molecule has 1 aliphatic rings. The van der Waals surface area contributed by atoms with Crippen molar-refractivity contribution in [1.29, 1.82) is 0 Å². The molecular weight excluding hydrogens is 264 g/mol. The van der Waals surface area contributed by atoms with Crippen LogP contribution in [0.15, 0.2) is 42.4 Å². The van der Waals surface area contributed by atoms with Crippen LogP contribution in [0, 0.1) is 0 Å². The molecule has 110 valence electrons. The third-order valence-corrected chi connectivity index (χ3v) is 3.60. The molecule has 0 radical (unpaired) electrons. The molecule has 1 aromatic carbocycles. The Morgan fingerprint density at radius 1 is 1.00 bits per heavy atom. The molecular formula is C14H19BF3N2-. The quantitative estimate of drug-likeness (QED) is 0.767. The number of piperazine rings is 1. The van der Waals surface area contributed by atoms with E-state index in [0.717, 1.165) is 19.6 Å². The molecule has 0 atom stereocenters. The number of hydrogen-bond acceptors (Lipinski definition) is 2. The zero-order valence-electron chi connectivity index (χ0n) is 11.4. The van der Waals surface area contributed by atoms with E-state index in [1.54, 1.807) is 0 Å². The summed E-state index contributed by atoms with van der Waals surface area (Å²) in [5.41, 5.74) is 0.644. The molecule has 2 rings (SSSR count). The van der Waals surface area contributed by atoms with Crippen LogP contribution in [0.1, 0.15) is 5.56 Å². The van der Waals surface area contributed by atoms with Crippen molar-refractivity contribution < 1.29 is 12.9 Å². The fourth-order valence-corrected chi connectivity index (χ4v) is 2.34. The molecule has 0 N–H and O–H groups in total. The third kappa shape index (κ3) is 4.39. The van der Waals surface area contributed by atoms with E-state index < -0.39 is 12.4 Å². The highest BCUT2D eigenvalue weighted by Crippen LogP contribution is 2.19. The van der Waals surface area contributed by atoms with Crippen molar-refractivity contribution in [1.82, 2.24) is 9.80 Å². The smallest absolute Gasteiger partial charge is 0.445 e. The summed E-state index contributed by atoms with van der Waals surface area (Å²) in [5.74, 6) is 0. The summed E-state index contributed by atoms with van der Waals surface area (Å²) in [6.45, 7) is 1.98. The monoisotopic (exact) mass is 283 g/mol. The minimum atomic E-state index is -4.90. The zero-order chi connectivity index (χ0) is 14.6. The Morgan fingerprint density at radius 2 is 1.55 bits per heavy atom. The zero-order valence-corrected chi connectivity index (χ0v) is 11.4. The van der Waals surface area contributed by atoms with Crippen LogP contribution in [0.5, 0.6) is 0 Å². The van der Waals surface area contributed by atoms with Crippen molar-refractivity contribution in [2.24, 2.45) is 0 Å². The van der Waals surface area contributed by atoms with Gasteiger partial charge in [-0.05, 0) is 12.1 Å². The van der Waals surface area contributed by atoms with Gasteiger partial charge < -0.3 is 12.9 Å². The first-order valence-corrected chi connectivity index (χ1v) is 6.81. The second-order valence-electron chi connectivity index (χ2n) is 5.27. The Morgan fingerprint density at radius 3 is 2.10 bits per heavy atom. The van der Waals surface area contributed by atoms with E-state index in [0.29, 0.717) is 13.1 Å². The first-order valence-electron chi connectivity index (χ1n) is 6.81. The van der Waals surface area contributed by atoms with Crippen LogP contribution in [0.25, 0.3) is 0 Å². The molecule has 0 saturated carbocycles. The first kappa shape index (κ1) is 15.1. The van der Waals surface area contributed by atoms with Crippen LogP contribution in [-0.4, -0.2) is 49.5 Å². The van der Waals surface area contributed by atoms with E-state index in [1.165, 1.54) is 5.56 Å². The number of hydrogen-bond donors (Lipinski definition) is 0. The normalized spacial score (nSPS) is 18.1. The summed E-state index contributed by atoms with van der Waals surface area (Å²) in [5, 5.41) is 0. The van der Waals surface area contributed by atoms with Gasteiger partial charge in [-0.1, -0.05) is 30.3 Å². The molecule has 0 aromatic heterocycles. The molecule has 2 nitrogen and oxygen atoms in total. The molecule has 0 aliphatic carbocycles. The van der Waals surface area contributed by atoms with E-state index in [9.17, 15) is 12.9 Å². The highest BCUT2D eigenvalue weighted by Gasteiger charge is 2.28. The van der Waals surface area contributed by atoms with E-state index in [1.807, 2.05) is 23.1 Å². The summed E-state index contributed by atoms with van der Waals surface area (Å²) in [6, 6.07) is 10.1. The van der Waals surface area contributed by atoms with Gasteiger partial charge in [0.15, 0.2) is 0 Å². The summed E-state index contributed by atoms with van der Waals surface area (Å²) in [6.07, 6.45) is 0. The highest BCUT2D eigenvalue weighted by atomic mass is 19.4. The predicted molar refractivity (Wildman–Crippen MR) is 76.4 cm³/mol. The summed E-state index contributed by atoms with van der Waals surface area (Å²) < 4.78 is 37.5. The highest BCUT2D eigenvalue weighted by molar-refractivity contribution is 6.66. The molecule has 0 spiro atoms. The molecule has 20 heavy (non-hydrogen) atoms. The minimum Gasteiger partial charge on any atom is -0.445 e. The number of halogens is 3. The maximum absolute atomic E-state index is 12.5. The van der Waals surface area contributed by atoms with Crippen molar-refractivity contribution in [3.63, 3.8) is 0 Å². The SMILES string of the molecule is C=C(CN1CCN(Cc2ccccc2)CC1)[B-](F)(F)F. The second-order valence-corrected chi connectivity index (χ2v) is 5.27. The van der Waals surface area contributed by atoms with Crippen molar-refractivity contribution in [2.75, 3.05) is 32.7 Å². The maximum Gasteiger partial charge on any atom is 0.506 e. The molecule has 0 amide bonds. The van der Waals surface area contributed by atoms with Crippen LogP contribution in [0.2, 0.25) is 0 Å². The van der Waals surface area contributed by atoms with Crippen LogP contribution in [0.3, 0.4) is 0 Å². The van der Waals surface area contributed by atoms with Crippen molar-refractivity contribution in [3.05, 3.63) is 47.9 Å². The van der Waals surface area contributed by atoms with Gasteiger partial charge in [-0.25, -0.2) is 0 Å². The predicted octanol–water partition coefficient (Wildman–Crippen LogP) is 2.75. The van der Waals surface area contributed by atoms with E-state index in [-0.39, 0.29) is 6.54 Å². The van der Waals surface area contributed by atoms with Crippen molar-refractivity contribution >= 4 is 6.98 Å². The van der Waals surface area contributed by atoms with Crippen molar-refractivity contribution in [2.45, 2.75) is 6.54 Å². The van der Waals surface area contributed by atoms with Gasteiger partial charge in [0.25, 0.3) is 0 Å². The summed E-state index contributed by atoms with van der Waals surface area (Å²) >= 11 is 0. The lowest BCUT2D eigenvalue weighted by atomic mass is 9.80. The Kier molecular flexibility index (Phi) is 4.88. The van der Waals surface area contributed by atoms with Gasteiger partial charge in [0.05, 0.1) is 0 Å². The molecule has 1 heterocycles. The average Bonchev–Trinajstić information content (AvgIpc) is 2.41. The van der Waals surface area contributed by atoms with Crippen LogP contribution < -0.4 is 0 Å². The second kappa shape index (κ2) is 6.46. The Bertz CT molecular complexity index is 439. The van der Waals surface area contributed by atoms with Crippen LogP contribution in [-0.2, 0) is 6.54 Å². The van der Waals surface area contributed by atoms with Gasteiger partial charge in [-0.2, -0.15) is 0 Å². The minimum absolute atomic E-state index is 0.0529. The number of nitrogens with zero attached hydrogens (tertiary/aromatic N) is 2. The topological polar surface area (TPSA) is 6.48 Å². The average molecular weight is 283 g/mol. The summed E-state index contributed by atoms with van der Waals surface area (Å²) in [7, 11) is 0. The molecule has 1 aromatic rings. The Balaban J connectivity index is 1.77. The van der Waals surface area contributed by atoms with Crippen molar-refractivity contribution in [3.8, 4) is 0 Å². The Hall–Kier alpha value is -1.27. The van der Waals surface area contributed by atoms with Gasteiger partial charge in [-0.15, -0.1) is 12.1 Å². The van der Waals surface area contributed by atoms with Gasteiger partial charge in [-0.3, -0.25) is 9.80 Å². The van der Waals surface area contributed by atoms with Gasteiger partial charge in [0, 0.05) is 32.7 Å². The molecule has 0 unspecified atom stereocenters. The molecule has 1 aliphatic heterocycles. The Labute approximate surface area is 117 Å². The maximum atomic E-state index is 12.5. The number of rotatable bonds is 5. The van der Waals surface area contributed by atoms with Gasteiger partial charge in [0.1, 0.15) is 0 Å². The molecule has 6 heteroatoms. The van der Waals surface area contributed by atoms with Crippen LogP contribution in [0.4, 0.5) is 12.9 Å². The summed E-state index contributed by atoms with van der Waals surface area (Å²) in [4.78, 5) is 4.10.